The van der Waals surface area contributed by atoms with Gasteiger partial charge in [-0.05, 0) is 28.1 Å². The number of alkyl halides is 1. The second-order valence-electron chi connectivity index (χ2n) is 3.86. The van der Waals surface area contributed by atoms with Gasteiger partial charge in [-0.25, -0.2) is 8.78 Å². The normalized spacial score (nSPS) is 10.5. The lowest BCUT2D eigenvalue weighted by atomic mass is 10.2. The number of halogens is 4. The minimum Gasteiger partial charge on any atom is -0.485 e. The van der Waals surface area contributed by atoms with Crippen molar-refractivity contribution in [1.29, 1.82) is 0 Å². The summed E-state index contributed by atoms with van der Waals surface area (Å²) in [5, 5.41) is 0. The Morgan fingerprint density at radius 1 is 1.00 bits per heavy atom. The van der Waals surface area contributed by atoms with Gasteiger partial charge in [0.2, 0.25) is 0 Å². The third-order valence-electron chi connectivity index (χ3n) is 2.60. The summed E-state index contributed by atoms with van der Waals surface area (Å²) < 4.78 is 32.7. The molecule has 2 rings (SSSR count). The topological polar surface area (TPSA) is 9.23 Å². The highest BCUT2D eigenvalue weighted by molar-refractivity contribution is 9.10. The van der Waals surface area contributed by atoms with Crippen LogP contribution in [0.1, 0.15) is 11.1 Å². The molecule has 0 saturated heterocycles. The van der Waals surface area contributed by atoms with Gasteiger partial charge in [-0.3, -0.25) is 0 Å². The fraction of sp³-hybridized carbons (Fsp3) is 0.143. The van der Waals surface area contributed by atoms with Crippen LogP contribution in [-0.2, 0) is 12.5 Å². The molecule has 0 bridgehead atoms. The van der Waals surface area contributed by atoms with E-state index in [-0.39, 0.29) is 24.1 Å². The molecule has 0 spiro atoms. The van der Waals surface area contributed by atoms with E-state index in [9.17, 15) is 8.78 Å². The molecule has 0 aliphatic carbocycles. The molecule has 0 fully saturated rings. The van der Waals surface area contributed by atoms with Crippen molar-refractivity contribution in [2.75, 3.05) is 0 Å². The molecule has 19 heavy (non-hydrogen) atoms. The molecule has 5 heteroatoms. The molecule has 0 heterocycles. The fourth-order valence-electron chi connectivity index (χ4n) is 1.63. The van der Waals surface area contributed by atoms with Gasteiger partial charge >= 0.3 is 0 Å². The summed E-state index contributed by atoms with van der Waals surface area (Å²) in [6.07, 6.45) is 0. The predicted molar refractivity (Wildman–Crippen MR) is 74.4 cm³/mol. The molecule has 0 aliphatic heterocycles. The van der Waals surface area contributed by atoms with Gasteiger partial charge in [0.25, 0.3) is 0 Å². The van der Waals surface area contributed by atoms with Crippen LogP contribution in [-0.4, -0.2) is 0 Å². The van der Waals surface area contributed by atoms with E-state index in [1.807, 2.05) is 0 Å². The third kappa shape index (κ3) is 3.25. The minimum absolute atomic E-state index is 0.0587. The summed E-state index contributed by atoms with van der Waals surface area (Å²) in [5.41, 5.74) is 1.16. The molecule has 0 unspecified atom stereocenters. The second kappa shape index (κ2) is 6.35. The van der Waals surface area contributed by atoms with Gasteiger partial charge < -0.3 is 4.74 Å². The Kier molecular flexibility index (Phi) is 4.77. The summed E-state index contributed by atoms with van der Waals surface area (Å²) in [6, 6.07) is 9.16. The van der Waals surface area contributed by atoms with Crippen molar-refractivity contribution in [1.82, 2.24) is 0 Å². The number of ether oxygens (including phenoxy) is 1. The van der Waals surface area contributed by atoms with Crippen molar-refractivity contribution >= 4 is 27.5 Å². The predicted octanol–water partition coefficient (Wildman–Crippen LogP) is 5.05. The zero-order valence-corrected chi connectivity index (χ0v) is 12.1. The van der Waals surface area contributed by atoms with Crippen LogP contribution in [0.2, 0.25) is 0 Å². The standard InChI is InChI=1S/C14H10BrClF2O/c15-13-10(4-2-5-11(13)17)8-19-14-9(7-16)3-1-6-12(14)18/h1-6H,7-8H2. The summed E-state index contributed by atoms with van der Waals surface area (Å²) in [4.78, 5) is 0. The van der Waals surface area contributed by atoms with Gasteiger partial charge in [0.1, 0.15) is 12.4 Å². The van der Waals surface area contributed by atoms with Crippen molar-refractivity contribution < 1.29 is 13.5 Å². The first-order chi connectivity index (χ1) is 9.13. The van der Waals surface area contributed by atoms with E-state index in [1.54, 1.807) is 24.3 Å². The van der Waals surface area contributed by atoms with Crippen molar-refractivity contribution in [2.24, 2.45) is 0 Å². The van der Waals surface area contributed by atoms with Crippen LogP contribution in [0.25, 0.3) is 0 Å². The van der Waals surface area contributed by atoms with E-state index in [4.69, 9.17) is 16.3 Å². The van der Waals surface area contributed by atoms with Crippen LogP contribution >= 0.6 is 27.5 Å². The third-order valence-corrected chi connectivity index (χ3v) is 3.77. The number of hydrogen-bond donors (Lipinski definition) is 0. The Morgan fingerprint density at radius 3 is 2.32 bits per heavy atom. The molecule has 2 aromatic carbocycles. The van der Waals surface area contributed by atoms with Crippen LogP contribution in [0, 0.1) is 11.6 Å². The lowest BCUT2D eigenvalue weighted by Crippen LogP contribution is -2.01. The average molecular weight is 348 g/mol. The van der Waals surface area contributed by atoms with E-state index in [1.165, 1.54) is 12.1 Å². The maximum absolute atomic E-state index is 13.7. The molecule has 0 aromatic heterocycles. The zero-order valence-electron chi connectivity index (χ0n) is 9.80. The van der Waals surface area contributed by atoms with Gasteiger partial charge in [-0.1, -0.05) is 24.3 Å². The van der Waals surface area contributed by atoms with Gasteiger partial charge in [0.15, 0.2) is 11.6 Å². The van der Waals surface area contributed by atoms with Crippen molar-refractivity contribution in [2.45, 2.75) is 12.5 Å². The molecule has 0 aliphatic rings. The summed E-state index contributed by atoms with van der Waals surface area (Å²) >= 11 is 8.86. The molecule has 1 nitrogen and oxygen atoms in total. The fourth-order valence-corrected chi connectivity index (χ4v) is 2.22. The first-order valence-electron chi connectivity index (χ1n) is 5.52. The number of benzene rings is 2. The van der Waals surface area contributed by atoms with E-state index in [2.05, 4.69) is 15.9 Å². The Labute approximate surface area is 123 Å². The zero-order chi connectivity index (χ0) is 13.8. The maximum Gasteiger partial charge on any atom is 0.165 e. The molecular formula is C14H10BrClF2O. The Balaban J connectivity index is 2.21. The van der Waals surface area contributed by atoms with Crippen molar-refractivity contribution in [3.8, 4) is 5.75 Å². The first-order valence-corrected chi connectivity index (χ1v) is 6.85. The monoisotopic (exact) mass is 346 g/mol. The van der Waals surface area contributed by atoms with Crippen LogP contribution in [0.4, 0.5) is 8.78 Å². The van der Waals surface area contributed by atoms with Crippen LogP contribution in [0.15, 0.2) is 40.9 Å². The van der Waals surface area contributed by atoms with E-state index < -0.39 is 5.82 Å². The Bertz CT molecular complexity index is 590. The SMILES string of the molecule is Fc1cccc(COc2c(F)cccc2CCl)c1Br. The highest BCUT2D eigenvalue weighted by Gasteiger charge is 2.11. The lowest BCUT2D eigenvalue weighted by molar-refractivity contribution is 0.286. The molecule has 0 N–H and O–H groups in total. The molecule has 2 aromatic rings. The highest BCUT2D eigenvalue weighted by atomic mass is 79.9. The van der Waals surface area contributed by atoms with Gasteiger partial charge in [0, 0.05) is 11.1 Å². The summed E-state index contributed by atoms with van der Waals surface area (Å²) in [5.74, 6) is -0.608. The first kappa shape index (κ1) is 14.3. The highest BCUT2D eigenvalue weighted by Crippen LogP contribution is 2.27. The Morgan fingerprint density at radius 2 is 1.63 bits per heavy atom. The quantitative estimate of drug-likeness (QED) is 0.704. The average Bonchev–Trinajstić information content (AvgIpc) is 2.41. The van der Waals surface area contributed by atoms with Gasteiger partial charge in [0.05, 0.1) is 10.4 Å². The van der Waals surface area contributed by atoms with Crippen LogP contribution in [0.5, 0.6) is 5.75 Å². The second-order valence-corrected chi connectivity index (χ2v) is 4.92. The van der Waals surface area contributed by atoms with E-state index >= 15 is 0 Å². The number of para-hydroxylation sites is 1. The van der Waals surface area contributed by atoms with Gasteiger partial charge in [-0.15, -0.1) is 11.6 Å². The maximum atomic E-state index is 13.7. The molecule has 100 valence electrons. The summed E-state index contributed by atoms with van der Waals surface area (Å²) in [6.45, 7) is 0.0587. The lowest BCUT2D eigenvalue weighted by Gasteiger charge is -2.12. The van der Waals surface area contributed by atoms with Crippen molar-refractivity contribution in [3.63, 3.8) is 0 Å². The largest absolute Gasteiger partial charge is 0.485 e. The van der Waals surface area contributed by atoms with Crippen LogP contribution in [0.3, 0.4) is 0 Å². The molecule has 0 amide bonds. The number of rotatable bonds is 4. The smallest absolute Gasteiger partial charge is 0.165 e. The van der Waals surface area contributed by atoms with E-state index in [0.29, 0.717) is 15.6 Å². The minimum atomic E-state index is -0.481. The molecule has 0 saturated carbocycles. The van der Waals surface area contributed by atoms with Crippen molar-refractivity contribution in [3.05, 3.63) is 63.6 Å². The molecular weight excluding hydrogens is 338 g/mol. The Hall–Kier alpha value is -1.13. The van der Waals surface area contributed by atoms with Gasteiger partial charge in [-0.2, -0.15) is 0 Å². The van der Waals surface area contributed by atoms with Crippen LogP contribution < -0.4 is 4.74 Å². The molecule has 0 radical (unpaired) electrons. The van der Waals surface area contributed by atoms with E-state index in [0.717, 1.165) is 0 Å². The molecule has 0 atom stereocenters. The summed E-state index contributed by atoms with van der Waals surface area (Å²) in [7, 11) is 0. The number of hydrogen-bond acceptors (Lipinski definition) is 1.